The highest BCUT2D eigenvalue weighted by molar-refractivity contribution is 7.99. The maximum absolute atomic E-state index is 10.7. The van der Waals surface area contributed by atoms with Crippen molar-refractivity contribution in [2.45, 2.75) is 4.90 Å². The molecule has 6 nitrogen and oxygen atoms in total. The number of rotatable bonds is 5. The second kappa shape index (κ2) is 5.47. The van der Waals surface area contributed by atoms with E-state index in [4.69, 9.17) is 15.9 Å². The average molecular weight is 242 g/mol. The number of nitrogens with two attached hydrogens (primary N) is 1. The van der Waals surface area contributed by atoms with Gasteiger partial charge in [0.2, 0.25) is 0 Å². The summed E-state index contributed by atoms with van der Waals surface area (Å²) in [6.07, 6.45) is 0. The summed E-state index contributed by atoms with van der Waals surface area (Å²) in [5, 5.41) is 17.5. The minimum Gasteiger partial charge on any atom is -0.477 e. The highest BCUT2D eigenvalue weighted by Crippen LogP contribution is 2.19. The maximum atomic E-state index is 10.7. The lowest BCUT2D eigenvalue weighted by molar-refractivity contribution is 0.0684. The number of nitrogens with zero attached hydrogens (tertiary/aromatic N) is 1. The Labute approximate surface area is 95.5 Å². The van der Waals surface area contributed by atoms with Crippen LogP contribution in [0.1, 0.15) is 21.0 Å². The van der Waals surface area contributed by atoms with Gasteiger partial charge in [-0.3, -0.25) is 0 Å². The highest BCUT2D eigenvalue weighted by Gasteiger charge is 2.13. The summed E-state index contributed by atoms with van der Waals surface area (Å²) in [5.41, 5.74) is 4.75. The highest BCUT2D eigenvalue weighted by atomic mass is 32.2. The van der Waals surface area contributed by atoms with E-state index in [1.54, 1.807) is 0 Å². The second-order valence-corrected chi connectivity index (χ2v) is 3.99. The summed E-state index contributed by atoms with van der Waals surface area (Å²) in [4.78, 5) is 25.5. The first-order chi connectivity index (χ1) is 7.54. The molecular weight excluding hydrogens is 232 g/mol. The van der Waals surface area contributed by atoms with Crippen LogP contribution >= 0.6 is 11.8 Å². The van der Waals surface area contributed by atoms with Gasteiger partial charge in [-0.05, 0) is 12.1 Å². The van der Waals surface area contributed by atoms with Crippen LogP contribution in [-0.4, -0.2) is 39.4 Å². The first-order valence-electron chi connectivity index (χ1n) is 4.36. The van der Waals surface area contributed by atoms with E-state index in [-0.39, 0.29) is 11.4 Å². The minimum absolute atomic E-state index is 0.278. The summed E-state index contributed by atoms with van der Waals surface area (Å²) in [6, 6.07) is 2.66. The molecule has 86 valence electrons. The van der Waals surface area contributed by atoms with E-state index < -0.39 is 11.9 Å². The van der Waals surface area contributed by atoms with E-state index in [2.05, 4.69) is 4.98 Å². The van der Waals surface area contributed by atoms with Crippen molar-refractivity contribution >= 4 is 23.7 Å². The Morgan fingerprint density at radius 3 is 2.12 bits per heavy atom. The molecule has 0 aliphatic carbocycles. The molecule has 1 aromatic rings. The smallest absolute Gasteiger partial charge is 0.354 e. The molecule has 0 aromatic carbocycles. The zero-order chi connectivity index (χ0) is 12.1. The fourth-order valence-corrected chi connectivity index (χ4v) is 1.73. The van der Waals surface area contributed by atoms with Crippen LogP contribution in [0.15, 0.2) is 17.0 Å². The lowest BCUT2D eigenvalue weighted by Gasteiger charge is -2.03. The number of aromatic nitrogens is 1. The van der Waals surface area contributed by atoms with Crippen LogP contribution in [0.5, 0.6) is 0 Å². The molecule has 16 heavy (non-hydrogen) atoms. The lowest BCUT2D eigenvalue weighted by Crippen LogP contribution is -2.08. The third-order valence-electron chi connectivity index (χ3n) is 1.62. The molecule has 0 atom stereocenters. The van der Waals surface area contributed by atoms with Crippen LogP contribution in [0.4, 0.5) is 0 Å². The van der Waals surface area contributed by atoms with E-state index in [1.165, 1.54) is 23.9 Å². The number of carboxylic acid groups (broad SMARTS) is 2. The van der Waals surface area contributed by atoms with Gasteiger partial charge in [0.25, 0.3) is 0 Å². The molecule has 4 N–H and O–H groups in total. The zero-order valence-corrected chi connectivity index (χ0v) is 9.03. The molecule has 0 saturated carbocycles. The number of aromatic carboxylic acids is 2. The number of carboxylic acids is 2. The zero-order valence-electron chi connectivity index (χ0n) is 8.21. The molecule has 1 heterocycles. The Morgan fingerprint density at radius 2 is 1.75 bits per heavy atom. The van der Waals surface area contributed by atoms with Crippen molar-refractivity contribution in [2.24, 2.45) is 5.73 Å². The van der Waals surface area contributed by atoms with Gasteiger partial charge < -0.3 is 15.9 Å². The fourth-order valence-electron chi connectivity index (χ4n) is 0.985. The van der Waals surface area contributed by atoms with Crippen LogP contribution in [0.3, 0.4) is 0 Å². The van der Waals surface area contributed by atoms with Crippen molar-refractivity contribution < 1.29 is 19.8 Å². The van der Waals surface area contributed by atoms with Gasteiger partial charge in [-0.25, -0.2) is 14.6 Å². The number of thioether (sulfide) groups is 1. The molecule has 1 aromatic heterocycles. The molecule has 0 fully saturated rings. The molecule has 0 spiro atoms. The second-order valence-electron chi connectivity index (χ2n) is 2.82. The summed E-state index contributed by atoms with van der Waals surface area (Å²) in [6.45, 7) is 0.428. The topological polar surface area (TPSA) is 114 Å². The van der Waals surface area contributed by atoms with Crippen molar-refractivity contribution in [1.29, 1.82) is 0 Å². The number of pyridine rings is 1. The SMILES string of the molecule is NCCSc1cc(C(=O)O)nc(C(=O)O)c1. The average Bonchev–Trinajstić information content (AvgIpc) is 2.25. The van der Waals surface area contributed by atoms with E-state index in [9.17, 15) is 9.59 Å². The third kappa shape index (κ3) is 3.21. The normalized spacial score (nSPS) is 10.1. The Bertz CT molecular complexity index is 390. The van der Waals surface area contributed by atoms with Gasteiger partial charge in [0.05, 0.1) is 0 Å². The molecule has 0 aliphatic rings. The van der Waals surface area contributed by atoms with Gasteiger partial charge >= 0.3 is 11.9 Å². The number of carbonyl (C=O) groups is 2. The van der Waals surface area contributed by atoms with Crippen LogP contribution in [0.25, 0.3) is 0 Å². The molecule has 0 amide bonds. The predicted octanol–water partition coefficient (Wildman–Crippen LogP) is 0.529. The Kier molecular flexibility index (Phi) is 4.27. The fraction of sp³-hybridized carbons (Fsp3) is 0.222. The molecule has 0 bridgehead atoms. The minimum atomic E-state index is -1.25. The van der Waals surface area contributed by atoms with Gasteiger partial charge in [0, 0.05) is 17.2 Å². The maximum Gasteiger partial charge on any atom is 0.354 e. The largest absolute Gasteiger partial charge is 0.477 e. The summed E-state index contributed by atoms with van der Waals surface area (Å²) >= 11 is 1.29. The van der Waals surface area contributed by atoms with Crippen molar-refractivity contribution in [3.05, 3.63) is 23.5 Å². The third-order valence-corrected chi connectivity index (χ3v) is 2.63. The van der Waals surface area contributed by atoms with E-state index >= 15 is 0 Å². The molecule has 0 unspecified atom stereocenters. The summed E-state index contributed by atoms with van der Waals surface area (Å²) in [7, 11) is 0. The monoisotopic (exact) mass is 242 g/mol. The molecular formula is C9H10N2O4S. The van der Waals surface area contributed by atoms with Crippen LogP contribution < -0.4 is 5.73 Å². The van der Waals surface area contributed by atoms with Crippen molar-refractivity contribution in [2.75, 3.05) is 12.3 Å². The number of hydrogen-bond acceptors (Lipinski definition) is 5. The summed E-state index contributed by atoms with van der Waals surface area (Å²) < 4.78 is 0. The van der Waals surface area contributed by atoms with Gasteiger partial charge in [-0.1, -0.05) is 0 Å². The Hall–Kier alpha value is -1.60. The molecule has 1 rings (SSSR count). The quantitative estimate of drug-likeness (QED) is 0.645. The standard InChI is InChI=1S/C9H10N2O4S/c10-1-2-16-5-3-6(8(12)13)11-7(4-5)9(14)15/h3-4H,1-2,10H2,(H,12,13)(H,14,15). The first-order valence-corrected chi connectivity index (χ1v) is 5.34. The van der Waals surface area contributed by atoms with Gasteiger partial charge in [-0.2, -0.15) is 0 Å². The Morgan fingerprint density at radius 1 is 1.25 bits per heavy atom. The number of hydrogen-bond donors (Lipinski definition) is 3. The molecule has 7 heteroatoms. The van der Waals surface area contributed by atoms with E-state index in [1.807, 2.05) is 0 Å². The molecule has 0 saturated heterocycles. The van der Waals surface area contributed by atoms with Crippen LogP contribution in [0, 0.1) is 0 Å². The van der Waals surface area contributed by atoms with Crippen LogP contribution in [0.2, 0.25) is 0 Å². The van der Waals surface area contributed by atoms with E-state index in [0.717, 1.165) is 0 Å². The lowest BCUT2D eigenvalue weighted by atomic mass is 10.3. The van der Waals surface area contributed by atoms with Crippen molar-refractivity contribution in [3.63, 3.8) is 0 Å². The predicted molar refractivity (Wildman–Crippen MR) is 57.9 cm³/mol. The Balaban J connectivity index is 3.08. The van der Waals surface area contributed by atoms with Crippen molar-refractivity contribution in [3.8, 4) is 0 Å². The van der Waals surface area contributed by atoms with Crippen LogP contribution in [-0.2, 0) is 0 Å². The molecule has 0 aliphatic heterocycles. The van der Waals surface area contributed by atoms with Crippen molar-refractivity contribution in [1.82, 2.24) is 4.98 Å². The van der Waals surface area contributed by atoms with E-state index in [0.29, 0.717) is 17.2 Å². The van der Waals surface area contributed by atoms with Gasteiger partial charge in [-0.15, -0.1) is 11.8 Å². The van der Waals surface area contributed by atoms with Gasteiger partial charge in [0.15, 0.2) is 0 Å². The summed E-state index contributed by atoms with van der Waals surface area (Å²) in [5.74, 6) is -1.92. The first kappa shape index (κ1) is 12.5. The molecule has 0 radical (unpaired) electrons. The van der Waals surface area contributed by atoms with Gasteiger partial charge in [0.1, 0.15) is 11.4 Å².